The fourth-order valence-electron chi connectivity index (χ4n) is 3.71. The second kappa shape index (κ2) is 6.91. The molecule has 2 rings (SSSR count). The maximum absolute atomic E-state index is 3.86. The van der Waals surface area contributed by atoms with Gasteiger partial charge >= 0.3 is 0 Å². The van der Waals surface area contributed by atoms with Crippen molar-refractivity contribution >= 4 is 0 Å². The van der Waals surface area contributed by atoms with Crippen LogP contribution in [-0.4, -0.2) is 36.6 Å². The van der Waals surface area contributed by atoms with E-state index in [1.165, 1.54) is 58.2 Å². The van der Waals surface area contributed by atoms with E-state index >= 15 is 0 Å². The summed E-state index contributed by atoms with van der Waals surface area (Å²) in [5, 5.41) is 3.86. The van der Waals surface area contributed by atoms with E-state index in [9.17, 15) is 0 Å². The van der Waals surface area contributed by atoms with Crippen molar-refractivity contribution in [2.24, 2.45) is 11.8 Å². The largest absolute Gasteiger partial charge is 0.312 e. The lowest BCUT2D eigenvalue weighted by Gasteiger charge is -2.40. The summed E-state index contributed by atoms with van der Waals surface area (Å²) in [7, 11) is 0. The molecule has 18 heavy (non-hydrogen) atoms. The van der Waals surface area contributed by atoms with E-state index in [0.717, 1.165) is 23.9 Å². The molecule has 1 aliphatic carbocycles. The molecular weight excluding hydrogens is 220 g/mol. The predicted octanol–water partition coefficient (Wildman–Crippen LogP) is 3.28. The normalized spacial score (nSPS) is 32.8. The summed E-state index contributed by atoms with van der Waals surface area (Å²) in [6.45, 7) is 10.9. The van der Waals surface area contributed by atoms with Crippen LogP contribution in [0.4, 0.5) is 0 Å². The Morgan fingerprint density at radius 2 is 1.94 bits per heavy atom. The molecule has 0 spiro atoms. The molecule has 0 aromatic heterocycles. The topological polar surface area (TPSA) is 15.3 Å². The Morgan fingerprint density at radius 1 is 1.22 bits per heavy atom. The third kappa shape index (κ3) is 3.96. The lowest BCUT2D eigenvalue weighted by molar-refractivity contribution is 0.107. The molecule has 1 N–H and O–H groups in total. The number of nitrogens with one attached hydrogen (secondary N) is 1. The van der Waals surface area contributed by atoms with Crippen LogP contribution in [0.2, 0.25) is 0 Å². The molecule has 3 atom stereocenters. The van der Waals surface area contributed by atoms with Gasteiger partial charge in [-0.05, 0) is 51.0 Å². The molecule has 106 valence electrons. The third-order valence-electron chi connectivity index (χ3n) is 5.07. The minimum atomic E-state index is 0.739. The van der Waals surface area contributed by atoms with Gasteiger partial charge in [0.2, 0.25) is 0 Å². The van der Waals surface area contributed by atoms with E-state index < -0.39 is 0 Å². The zero-order chi connectivity index (χ0) is 13.0. The molecule has 1 saturated carbocycles. The second-order valence-electron chi connectivity index (χ2n) is 6.81. The molecule has 1 aliphatic heterocycles. The zero-order valence-corrected chi connectivity index (χ0v) is 12.6. The van der Waals surface area contributed by atoms with Crippen LogP contribution < -0.4 is 5.32 Å². The lowest BCUT2D eigenvalue weighted by atomic mass is 9.94. The first-order valence-electron chi connectivity index (χ1n) is 8.16. The molecule has 0 aromatic carbocycles. The maximum Gasteiger partial charge on any atom is 0.0198 e. The van der Waals surface area contributed by atoms with Crippen molar-refractivity contribution in [2.75, 3.05) is 19.6 Å². The molecule has 1 heterocycles. The molecule has 0 radical (unpaired) electrons. The predicted molar refractivity (Wildman–Crippen MR) is 78.9 cm³/mol. The Balaban J connectivity index is 1.76. The Labute approximate surface area is 114 Å². The summed E-state index contributed by atoms with van der Waals surface area (Å²) in [5.74, 6) is 1.83. The number of nitrogens with zero attached hydrogens (tertiary/aromatic N) is 1. The number of rotatable bonds is 5. The van der Waals surface area contributed by atoms with Gasteiger partial charge in [-0.15, -0.1) is 0 Å². The van der Waals surface area contributed by atoms with Gasteiger partial charge in [0.1, 0.15) is 0 Å². The highest BCUT2D eigenvalue weighted by molar-refractivity contribution is 4.85. The van der Waals surface area contributed by atoms with Crippen molar-refractivity contribution in [3.63, 3.8) is 0 Å². The Kier molecular flexibility index (Phi) is 5.50. The standard InChI is InChI=1S/C16H32N2/c1-4-14(3)18-11-13(2)9-16(12-18)17-10-15-7-5-6-8-15/h13-17H,4-12H2,1-3H3. The molecule has 3 unspecified atom stereocenters. The number of hydrogen-bond acceptors (Lipinski definition) is 2. The van der Waals surface area contributed by atoms with E-state index in [4.69, 9.17) is 0 Å². The van der Waals surface area contributed by atoms with Crippen molar-refractivity contribution in [1.82, 2.24) is 10.2 Å². The first-order chi connectivity index (χ1) is 8.69. The van der Waals surface area contributed by atoms with E-state index in [1.54, 1.807) is 0 Å². The maximum atomic E-state index is 3.86. The highest BCUT2D eigenvalue weighted by Gasteiger charge is 2.27. The fourth-order valence-corrected chi connectivity index (χ4v) is 3.71. The molecule has 2 heteroatoms. The Hall–Kier alpha value is -0.0800. The third-order valence-corrected chi connectivity index (χ3v) is 5.07. The fraction of sp³-hybridized carbons (Fsp3) is 1.00. The van der Waals surface area contributed by atoms with Crippen LogP contribution >= 0.6 is 0 Å². The van der Waals surface area contributed by atoms with Crippen LogP contribution in [0.1, 0.15) is 59.3 Å². The number of likely N-dealkylation sites (tertiary alicyclic amines) is 1. The minimum absolute atomic E-state index is 0.739. The first-order valence-corrected chi connectivity index (χ1v) is 8.16. The van der Waals surface area contributed by atoms with E-state index in [-0.39, 0.29) is 0 Å². The molecule has 2 nitrogen and oxygen atoms in total. The summed E-state index contributed by atoms with van der Waals surface area (Å²) in [6, 6.07) is 1.49. The van der Waals surface area contributed by atoms with Crippen molar-refractivity contribution in [3.05, 3.63) is 0 Å². The molecular formula is C16H32N2. The molecule has 0 amide bonds. The van der Waals surface area contributed by atoms with Crippen molar-refractivity contribution < 1.29 is 0 Å². The van der Waals surface area contributed by atoms with Gasteiger partial charge in [0, 0.05) is 25.2 Å². The quantitative estimate of drug-likeness (QED) is 0.808. The highest BCUT2D eigenvalue weighted by Crippen LogP contribution is 2.25. The first kappa shape index (κ1) is 14.3. The van der Waals surface area contributed by atoms with Crippen LogP contribution in [0.5, 0.6) is 0 Å². The van der Waals surface area contributed by atoms with Gasteiger partial charge in [-0.1, -0.05) is 26.7 Å². The van der Waals surface area contributed by atoms with E-state index in [2.05, 4.69) is 31.0 Å². The molecule has 0 aromatic rings. The van der Waals surface area contributed by atoms with Crippen molar-refractivity contribution in [2.45, 2.75) is 71.4 Å². The van der Waals surface area contributed by atoms with Gasteiger partial charge in [-0.2, -0.15) is 0 Å². The van der Waals surface area contributed by atoms with E-state index in [0.29, 0.717) is 0 Å². The Morgan fingerprint density at radius 3 is 2.61 bits per heavy atom. The summed E-state index contributed by atoms with van der Waals surface area (Å²) < 4.78 is 0. The van der Waals surface area contributed by atoms with Gasteiger partial charge in [0.25, 0.3) is 0 Å². The smallest absolute Gasteiger partial charge is 0.0198 e. The van der Waals surface area contributed by atoms with Crippen LogP contribution in [0.3, 0.4) is 0 Å². The lowest BCUT2D eigenvalue weighted by Crippen LogP contribution is -2.52. The van der Waals surface area contributed by atoms with Crippen LogP contribution in [0, 0.1) is 11.8 Å². The highest BCUT2D eigenvalue weighted by atomic mass is 15.2. The zero-order valence-electron chi connectivity index (χ0n) is 12.6. The average Bonchev–Trinajstić information content (AvgIpc) is 2.88. The second-order valence-corrected chi connectivity index (χ2v) is 6.81. The monoisotopic (exact) mass is 252 g/mol. The summed E-state index contributed by atoms with van der Waals surface area (Å²) >= 11 is 0. The van der Waals surface area contributed by atoms with Crippen molar-refractivity contribution in [1.29, 1.82) is 0 Å². The molecule has 1 saturated heterocycles. The minimum Gasteiger partial charge on any atom is -0.312 e. The summed E-state index contributed by atoms with van der Waals surface area (Å²) in [6.07, 6.45) is 8.51. The van der Waals surface area contributed by atoms with Crippen LogP contribution in [0.25, 0.3) is 0 Å². The van der Waals surface area contributed by atoms with Crippen LogP contribution in [0.15, 0.2) is 0 Å². The van der Waals surface area contributed by atoms with Gasteiger partial charge in [0.15, 0.2) is 0 Å². The number of piperidine rings is 1. The van der Waals surface area contributed by atoms with Crippen molar-refractivity contribution in [3.8, 4) is 0 Å². The molecule has 2 fully saturated rings. The van der Waals surface area contributed by atoms with Gasteiger partial charge < -0.3 is 5.32 Å². The summed E-state index contributed by atoms with van der Waals surface area (Å²) in [4.78, 5) is 2.69. The van der Waals surface area contributed by atoms with E-state index in [1.807, 2.05) is 0 Å². The van der Waals surface area contributed by atoms with Crippen LogP contribution in [-0.2, 0) is 0 Å². The van der Waals surface area contributed by atoms with Gasteiger partial charge in [0.05, 0.1) is 0 Å². The average molecular weight is 252 g/mol. The molecule has 2 aliphatic rings. The SMILES string of the molecule is CCC(C)N1CC(C)CC(NCC2CCCC2)C1. The van der Waals surface area contributed by atoms with Gasteiger partial charge in [-0.25, -0.2) is 0 Å². The Bertz CT molecular complexity index is 235. The number of hydrogen-bond donors (Lipinski definition) is 1. The molecule has 0 bridgehead atoms. The summed E-state index contributed by atoms with van der Waals surface area (Å²) in [5.41, 5.74) is 0. The van der Waals surface area contributed by atoms with Gasteiger partial charge in [-0.3, -0.25) is 4.90 Å².